The Morgan fingerprint density at radius 2 is 2.23 bits per heavy atom. The van der Waals surface area contributed by atoms with Crippen LogP contribution in [-0.2, 0) is 6.42 Å². The van der Waals surface area contributed by atoms with Gasteiger partial charge in [-0.25, -0.2) is 4.98 Å². The van der Waals surface area contributed by atoms with Crippen molar-refractivity contribution >= 4 is 6.08 Å². The lowest BCUT2D eigenvalue weighted by Crippen LogP contribution is -1.84. The fourth-order valence-corrected chi connectivity index (χ4v) is 1.11. The van der Waals surface area contributed by atoms with Crippen molar-refractivity contribution in [2.24, 2.45) is 0 Å². The third-order valence-electron chi connectivity index (χ3n) is 1.83. The van der Waals surface area contributed by atoms with Crippen LogP contribution in [0.3, 0.4) is 0 Å². The van der Waals surface area contributed by atoms with Crippen LogP contribution in [0.1, 0.15) is 37.6 Å². The van der Waals surface area contributed by atoms with E-state index in [2.05, 4.69) is 4.98 Å². The summed E-state index contributed by atoms with van der Waals surface area (Å²) >= 11 is 0. The van der Waals surface area contributed by atoms with Gasteiger partial charge in [0.05, 0.1) is 11.5 Å². The van der Waals surface area contributed by atoms with E-state index in [0.717, 1.165) is 12.1 Å². The Morgan fingerprint density at radius 1 is 1.54 bits per heavy atom. The van der Waals surface area contributed by atoms with Crippen molar-refractivity contribution in [1.82, 2.24) is 4.98 Å². The lowest BCUT2D eigenvalue weighted by molar-refractivity contribution is 0.397. The highest BCUT2D eigenvalue weighted by molar-refractivity contribution is 5.47. The van der Waals surface area contributed by atoms with Gasteiger partial charge in [0.2, 0.25) is 0 Å². The van der Waals surface area contributed by atoms with E-state index in [9.17, 15) is 5.11 Å². The first kappa shape index (κ1) is 9.84. The summed E-state index contributed by atoms with van der Waals surface area (Å²) in [6.07, 6.45) is 3.07. The number of aliphatic hydroxyl groups is 1. The molecule has 0 aliphatic carbocycles. The first-order chi connectivity index (χ1) is 6.17. The molecule has 0 fully saturated rings. The molecule has 3 nitrogen and oxygen atoms in total. The molecule has 0 saturated heterocycles. The van der Waals surface area contributed by atoms with Gasteiger partial charge in [-0.2, -0.15) is 0 Å². The Hall–Kier alpha value is -1.25. The highest BCUT2D eigenvalue weighted by Crippen LogP contribution is 2.15. The maximum Gasteiger partial charge on any atom is 0.192 e. The summed E-state index contributed by atoms with van der Waals surface area (Å²) < 4.78 is 5.33. The molecule has 1 heterocycles. The summed E-state index contributed by atoms with van der Waals surface area (Å²) in [5.74, 6) is 1.65. The zero-order valence-electron chi connectivity index (χ0n) is 8.29. The number of hydrogen-bond donors (Lipinski definition) is 1. The van der Waals surface area contributed by atoms with Gasteiger partial charge >= 0.3 is 0 Å². The Kier molecular flexibility index (Phi) is 3.12. The molecule has 0 saturated carbocycles. The van der Waals surface area contributed by atoms with Crippen LogP contribution in [0.4, 0.5) is 0 Å². The van der Waals surface area contributed by atoms with Crippen LogP contribution >= 0.6 is 0 Å². The van der Waals surface area contributed by atoms with Gasteiger partial charge in [-0.15, -0.1) is 0 Å². The second-order valence-corrected chi connectivity index (χ2v) is 2.89. The van der Waals surface area contributed by atoms with Crippen molar-refractivity contribution in [3.8, 4) is 0 Å². The van der Waals surface area contributed by atoms with E-state index < -0.39 is 0 Å². The Bertz CT molecular complexity index is 313. The van der Waals surface area contributed by atoms with Crippen molar-refractivity contribution in [2.75, 3.05) is 0 Å². The van der Waals surface area contributed by atoms with Crippen molar-refractivity contribution in [3.05, 3.63) is 23.1 Å². The topological polar surface area (TPSA) is 46.3 Å². The van der Waals surface area contributed by atoms with Crippen LogP contribution in [0.15, 0.2) is 10.2 Å². The van der Waals surface area contributed by atoms with E-state index in [0.29, 0.717) is 23.8 Å². The van der Waals surface area contributed by atoms with Crippen molar-refractivity contribution < 1.29 is 9.52 Å². The number of rotatable bonds is 3. The van der Waals surface area contributed by atoms with Gasteiger partial charge in [-0.05, 0) is 6.42 Å². The minimum absolute atomic E-state index is 0.325. The summed E-state index contributed by atoms with van der Waals surface area (Å²) in [6, 6.07) is 0. The molecule has 0 bridgehead atoms. The smallest absolute Gasteiger partial charge is 0.192 e. The Labute approximate surface area is 78.1 Å². The number of hydrogen-bond acceptors (Lipinski definition) is 3. The number of oxazole rings is 1. The molecule has 13 heavy (non-hydrogen) atoms. The SMILES string of the molecule is CC/C(O)=C\c1oc(C)nc1CC. The summed E-state index contributed by atoms with van der Waals surface area (Å²) in [5.41, 5.74) is 0.900. The zero-order chi connectivity index (χ0) is 9.84. The van der Waals surface area contributed by atoms with E-state index in [-0.39, 0.29) is 0 Å². The molecule has 3 heteroatoms. The molecular formula is C10H15NO2. The first-order valence-electron chi connectivity index (χ1n) is 4.53. The highest BCUT2D eigenvalue weighted by Gasteiger charge is 2.06. The Balaban J connectivity index is 2.99. The van der Waals surface area contributed by atoms with Crippen LogP contribution in [-0.4, -0.2) is 10.1 Å². The van der Waals surface area contributed by atoms with Gasteiger partial charge in [-0.3, -0.25) is 0 Å². The van der Waals surface area contributed by atoms with E-state index in [4.69, 9.17) is 4.42 Å². The number of nitrogens with zero attached hydrogens (tertiary/aromatic N) is 1. The Morgan fingerprint density at radius 3 is 2.77 bits per heavy atom. The van der Waals surface area contributed by atoms with E-state index in [1.54, 1.807) is 13.0 Å². The molecule has 1 rings (SSSR count). The molecule has 1 aromatic heterocycles. The van der Waals surface area contributed by atoms with Crippen LogP contribution in [0.2, 0.25) is 0 Å². The summed E-state index contributed by atoms with van der Waals surface area (Å²) in [7, 11) is 0. The summed E-state index contributed by atoms with van der Waals surface area (Å²) in [4.78, 5) is 4.19. The van der Waals surface area contributed by atoms with Crippen molar-refractivity contribution in [2.45, 2.75) is 33.6 Å². The quantitative estimate of drug-likeness (QED) is 0.729. The number of aliphatic hydroxyl groups excluding tert-OH is 1. The third-order valence-corrected chi connectivity index (χ3v) is 1.83. The molecule has 0 aliphatic heterocycles. The van der Waals surface area contributed by atoms with Gasteiger partial charge in [0, 0.05) is 19.4 Å². The van der Waals surface area contributed by atoms with Gasteiger partial charge < -0.3 is 9.52 Å². The minimum atomic E-state index is 0.325. The fourth-order valence-electron chi connectivity index (χ4n) is 1.11. The third kappa shape index (κ3) is 2.34. The van der Waals surface area contributed by atoms with E-state index in [1.165, 1.54) is 0 Å². The highest BCUT2D eigenvalue weighted by atomic mass is 16.4. The van der Waals surface area contributed by atoms with Crippen molar-refractivity contribution in [1.29, 1.82) is 0 Å². The second kappa shape index (κ2) is 4.12. The maximum absolute atomic E-state index is 9.31. The molecule has 0 unspecified atom stereocenters. The average Bonchev–Trinajstić information content (AvgIpc) is 2.46. The molecule has 0 aromatic carbocycles. The monoisotopic (exact) mass is 181 g/mol. The minimum Gasteiger partial charge on any atom is -0.512 e. The van der Waals surface area contributed by atoms with Crippen LogP contribution in [0, 0.1) is 6.92 Å². The van der Waals surface area contributed by atoms with Gasteiger partial charge in [0.25, 0.3) is 0 Å². The number of aryl methyl sites for hydroxylation is 2. The fraction of sp³-hybridized carbons (Fsp3) is 0.500. The molecular weight excluding hydrogens is 166 g/mol. The molecule has 1 N–H and O–H groups in total. The van der Waals surface area contributed by atoms with Crippen molar-refractivity contribution in [3.63, 3.8) is 0 Å². The summed E-state index contributed by atoms with van der Waals surface area (Å²) in [6.45, 7) is 5.71. The molecule has 0 aliphatic rings. The molecule has 0 radical (unpaired) electrons. The zero-order valence-corrected chi connectivity index (χ0v) is 8.29. The van der Waals surface area contributed by atoms with Crippen LogP contribution < -0.4 is 0 Å². The first-order valence-corrected chi connectivity index (χ1v) is 4.53. The van der Waals surface area contributed by atoms with Gasteiger partial charge in [0.15, 0.2) is 11.7 Å². The molecule has 0 spiro atoms. The van der Waals surface area contributed by atoms with Crippen LogP contribution in [0.5, 0.6) is 0 Å². The van der Waals surface area contributed by atoms with Gasteiger partial charge in [0.1, 0.15) is 0 Å². The lowest BCUT2D eigenvalue weighted by atomic mass is 10.2. The average molecular weight is 181 g/mol. The second-order valence-electron chi connectivity index (χ2n) is 2.89. The maximum atomic E-state index is 9.31. The molecule has 1 aromatic rings. The van der Waals surface area contributed by atoms with E-state index in [1.807, 2.05) is 13.8 Å². The predicted octanol–water partition coefficient (Wildman–Crippen LogP) is 2.85. The standard InChI is InChI=1S/C10H15NO2/c1-4-8(12)6-10-9(5-2)11-7(3)13-10/h6,12H,4-5H2,1-3H3/b8-6+. The number of aromatic nitrogens is 1. The lowest BCUT2D eigenvalue weighted by Gasteiger charge is -1.93. The van der Waals surface area contributed by atoms with Crippen LogP contribution in [0.25, 0.3) is 6.08 Å². The number of allylic oxidation sites excluding steroid dienone is 1. The normalized spacial score (nSPS) is 12.1. The molecule has 0 atom stereocenters. The molecule has 72 valence electrons. The summed E-state index contributed by atoms with van der Waals surface area (Å²) in [5, 5.41) is 9.31. The van der Waals surface area contributed by atoms with E-state index >= 15 is 0 Å². The largest absolute Gasteiger partial charge is 0.512 e. The van der Waals surface area contributed by atoms with Gasteiger partial charge in [-0.1, -0.05) is 13.8 Å². The molecule has 0 amide bonds. The predicted molar refractivity (Wildman–Crippen MR) is 51.5 cm³/mol.